The van der Waals surface area contributed by atoms with Crippen LogP contribution in [0.2, 0.25) is 0 Å². The third kappa shape index (κ3) is 5.24. The Morgan fingerprint density at radius 3 is 2.38 bits per heavy atom. The van der Waals surface area contributed by atoms with Crippen molar-refractivity contribution >= 4 is 9.84 Å². The van der Waals surface area contributed by atoms with E-state index in [-0.39, 0.29) is 5.25 Å². The van der Waals surface area contributed by atoms with Gasteiger partial charge in [0.2, 0.25) is 0 Å². The van der Waals surface area contributed by atoms with Crippen LogP contribution in [0.3, 0.4) is 0 Å². The molecule has 3 atom stereocenters. The van der Waals surface area contributed by atoms with Crippen LogP contribution in [0.4, 0.5) is 0 Å². The Hall–Kier alpha value is -0.0900. The van der Waals surface area contributed by atoms with Gasteiger partial charge in [0.1, 0.15) is 0 Å². The highest BCUT2D eigenvalue weighted by Gasteiger charge is 2.32. The van der Waals surface area contributed by atoms with Crippen LogP contribution in [-0.4, -0.2) is 32.0 Å². The van der Waals surface area contributed by atoms with E-state index in [9.17, 15) is 8.42 Å². The number of hydrogen-bond donors (Lipinski definition) is 1. The van der Waals surface area contributed by atoms with Crippen molar-refractivity contribution in [2.24, 2.45) is 17.8 Å². The maximum Gasteiger partial charge on any atom is 0.152 e. The van der Waals surface area contributed by atoms with E-state index in [0.717, 1.165) is 24.9 Å². The molecule has 0 amide bonds. The summed E-state index contributed by atoms with van der Waals surface area (Å²) in [5, 5.41) is 3.43. The van der Waals surface area contributed by atoms with Crippen molar-refractivity contribution in [1.29, 1.82) is 0 Å². The Morgan fingerprint density at radius 2 is 1.81 bits per heavy atom. The molecule has 0 heterocycles. The van der Waals surface area contributed by atoms with Crippen molar-refractivity contribution in [3.05, 3.63) is 0 Å². The van der Waals surface area contributed by atoms with E-state index < -0.39 is 9.84 Å². The van der Waals surface area contributed by atoms with Crippen LogP contribution in [0.5, 0.6) is 0 Å². The maximum atomic E-state index is 12.1. The number of rotatable bonds is 8. The first-order valence-corrected chi connectivity index (χ1v) is 10.6. The molecule has 1 N–H and O–H groups in total. The second kappa shape index (κ2) is 7.45. The first-order valence-electron chi connectivity index (χ1n) is 8.87. The highest BCUT2D eigenvalue weighted by Crippen LogP contribution is 2.38. The lowest BCUT2D eigenvalue weighted by atomic mass is 9.72. The van der Waals surface area contributed by atoms with Crippen LogP contribution in [0.25, 0.3) is 0 Å². The van der Waals surface area contributed by atoms with E-state index in [1.807, 2.05) is 0 Å². The Bertz CT molecular complexity index is 415. The van der Waals surface area contributed by atoms with Gasteiger partial charge in [-0.05, 0) is 70.3 Å². The van der Waals surface area contributed by atoms with Gasteiger partial charge in [-0.1, -0.05) is 19.8 Å². The second-order valence-corrected chi connectivity index (χ2v) is 10.2. The van der Waals surface area contributed by atoms with Gasteiger partial charge in [-0.3, -0.25) is 0 Å². The molecule has 0 aromatic rings. The van der Waals surface area contributed by atoms with Gasteiger partial charge in [-0.2, -0.15) is 0 Å². The molecule has 3 unspecified atom stereocenters. The van der Waals surface area contributed by atoms with Gasteiger partial charge in [-0.15, -0.1) is 0 Å². The van der Waals surface area contributed by atoms with E-state index in [4.69, 9.17) is 0 Å². The summed E-state index contributed by atoms with van der Waals surface area (Å²) >= 11 is 0. The van der Waals surface area contributed by atoms with Crippen molar-refractivity contribution in [1.82, 2.24) is 5.32 Å². The molecule has 2 rings (SSSR count). The van der Waals surface area contributed by atoms with Gasteiger partial charge < -0.3 is 5.32 Å². The molecule has 0 aliphatic heterocycles. The van der Waals surface area contributed by atoms with E-state index in [1.165, 1.54) is 38.5 Å². The molecule has 0 radical (unpaired) electrons. The number of sulfone groups is 1. The normalized spacial score (nSPS) is 30.8. The Morgan fingerprint density at radius 1 is 1.10 bits per heavy atom. The SMILES string of the molecule is CCC1CCC(CNC2CC2)C(CCS(=O)(=O)C(C)C)C1. The molecule has 0 saturated heterocycles. The molecule has 0 spiro atoms. The van der Waals surface area contributed by atoms with Gasteiger partial charge in [0.15, 0.2) is 9.84 Å². The minimum Gasteiger partial charge on any atom is -0.314 e. The zero-order valence-electron chi connectivity index (χ0n) is 14.0. The Labute approximate surface area is 131 Å². The zero-order chi connectivity index (χ0) is 15.5. The largest absolute Gasteiger partial charge is 0.314 e. The Kier molecular flexibility index (Phi) is 6.13. The maximum absolute atomic E-state index is 12.1. The summed E-state index contributed by atoms with van der Waals surface area (Å²) in [5.41, 5.74) is 0. The molecule has 2 aliphatic rings. The van der Waals surface area contributed by atoms with Gasteiger partial charge in [-0.25, -0.2) is 8.42 Å². The molecule has 2 saturated carbocycles. The standard InChI is InChI=1S/C17H33NO2S/c1-4-14-5-6-16(12-18-17-7-8-17)15(11-14)9-10-21(19,20)13(2)3/h13-18H,4-12H2,1-3H3. The Balaban J connectivity index is 1.88. The topological polar surface area (TPSA) is 46.2 Å². The summed E-state index contributed by atoms with van der Waals surface area (Å²) in [7, 11) is -2.88. The lowest BCUT2D eigenvalue weighted by Gasteiger charge is -2.36. The molecule has 2 fully saturated rings. The van der Waals surface area contributed by atoms with Crippen LogP contribution >= 0.6 is 0 Å². The molecular formula is C17H33NO2S. The fourth-order valence-electron chi connectivity index (χ4n) is 3.57. The molecular weight excluding hydrogens is 282 g/mol. The van der Waals surface area contributed by atoms with Crippen molar-refractivity contribution < 1.29 is 8.42 Å². The highest BCUT2D eigenvalue weighted by atomic mass is 32.2. The van der Waals surface area contributed by atoms with E-state index in [1.54, 1.807) is 13.8 Å². The van der Waals surface area contributed by atoms with Crippen molar-refractivity contribution in [2.45, 2.75) is 77.0 Å². The quantitative estimate of drug-likeness (QED) is 0.747. The predicted octanol–water partition coefficient (Wildman–Crippen LogP) is 3.39. The van der Waals surface area contributed by atoms with Gasteiger partial charge in [0, 0.05) is 6.04 Å². The minimum atomic E-state index is -2.88. The van der Waals surface area contributed by atoms with Crippen LogP contribution in [-0.2, 0) is 9.84 Å². The van der Waals surface area contributed by atoms with E-state index in [2.05, 4.69) is 12.2 Å². The average Bonchev–Trinajstić information content (AvgIpc) is 3.27. The fraction of sp³-hybridized carbons (Fsp3) is 1.00. The van der Waals surface area contributed by atoms with Crippen LogP contribution in [0.15, 0.2) is 0 Å². The summed E-state index contributed by atoms with van der Waals surface area (Å²) in [4.78, 5) is 0. The lowest BCUT2D eigenvalue weighted by Crippen LogP contribution is -2.35. The molecule has 0 bridgehead atoms. The highest BCUT2D eigenvalue weighted by molar-refractivity contribution is 7.91. The van der Waals surface area contributed by atoms with Crippen LogP contribution < -0.4 is 5.32 Å². The summed E-state index contributed by atoms with van der Waals surface area (Å²) < 4.78 is 24.2. The molecule has 0 aromatic heterocycles. The third-order valence-electron chi connectivity index (χ3n) is 5.56. The van der Waals surface area contributed by atoms with Crippen LogP contribution in [0, 0.1) is 17.8 Å². The van der Waals surface area contributed by atoms with E-state index >= 15 is 0 Å². The smallest absolute Gasteiger partial charge is 0.152 e. The summed E-state index contributed by atoms with van der Waals surface area (Å²) in [5.74, 6) is 2.49. The fourth-order valence-corrected chi connectivity index (χ4v) is 4.68. The molecule has 124 valence electrons. The number of hydrogen-bond acceptors (Lipinski definition) is 3. The molecule has 4 heteroatoms. The molecule has 0 aromatic carbocycles. The van der Waals surface area contributed by atoms with E-state index in [0.29, 0.717) is 17.6 Å². The first kappa shape index (κ1) is 17.3. The van der Waals surface area contributed by atoms with Crippen molar-refractivity contribution in [3.63, 3.8) is 0 Å². The van der Waals surface area contributed by atoms with Crippen LogP contribution in [0.1, 0.15) is 65.7 Å². The summed E-state index contributed by atoms with van der Waals surface area (Å²) in [6, 6.07) is 0.758. The number of nitrogens with one attached hydrogen (secondary N) is 1. The molecule has 21 heavy (non-hydrogen) atoms. The zero-order valence-corrected chi connectivity index (χ0v) is 14.8. The van der Waals surface area contributed by atoms with Gasteiger partial charge >= 0.3 is 0 Å². The molecule has 2 aliphatic carbocycles. The average molecular weight is 316 g/mol. The second-order valence-electron chi connectivity index (χ2n) is 7.49. The molecule has 3 nitrogen and oxygen atoms in total. The summed E-state index contributed by atoms with van der Waals surface area (Å²) in [6.45, 7) is 6.98. The van der Waals surface area contributed by atoms with Gasteiger partial charge in [0.05, 0.1) is 11.0 Å². The first-order chi connectivity index (χ1) is 9.92. The minimum absolute atomic E-state index is 0.230. The summed E-state index contributed by atoms with van der Waals surface area (Å²) in [6.07, 6.45) is 8.63. The monoisotopic (exact) mass is 315 g/mol. The third-order valence-corrected chi connectivity index (χ3v) is 7.80. The van der Waals surface area contributed by atoms with Gasteiger partial charge in [0.25, 0.3) is 0 Å². The lowest BCUT2D eigenvalue weighted by molar-refractivity contribution is 0.168. The predicted molar refractivity (Wildman–Crippen MR) is 89.2 cm³/mol. The van der Waals surface area contributed by atoms with Crippen molar-refractivity contribution in [2.75, 3.05) is 12.3 Å². The van der Waals surface area contributed by atoms with Crippen molar-refractivity contribution in [3.8, 4) is 0 Å².